The summed E-state index contributed by atoms with van der Waals surface area (Å²) in [6, 6.07) is 0. The maximum absolute atomic E-state index is 11.4. The average Bonchev–Trinajstić information content (AvgIpc) is 2.62. The number of hydrogen-bond donors (Lipinski definition) is 8. The lowest BCUT2D eigenvalue weighted by Gasteiger charge is -2.24. The highest BCUT2D eigenvalue weighted by atomic mass is 16.6. The van der Waals surface area contributed by atoms with Crippen LogP contribution in [0, 0.1) is 0 Å². The zero-order valence-electron chi connectivity index (χ0n) is 12.4. The van der Waals surface area contributed by atoms with Crippen LogP contribution in [0.3, 0.4) is 0 Å². The zero-order chi connectivity index (χ0) is 19.9. The van der Waals surface area contributed by atoms with Crippen molar-refractivity contribution in [1.82, 2.24) is 0 Å². The molecular weight excluding hydrogens is 352 g/mol. The van der Waals surface area contributed by atoms with Crippen molar-refractivity contribution in [2.24, 2.45) is 0 Å². The van der Waals surface area contributed by atoms with E-state index < -0.39 is 60.8 Å². The molecule has 0 aliphatic carbocycles. The van der Waals surface area contributed by atoms with Gasteiger partial charge in [0.25, 0.3) is 0 Å². The fourth-order valence-electron chi connectivity index (χ4n) is 1.44. The number of carbonyl (C=O) groups excluding carboxylic acids is 4. The van der Waals surface area contributed by atoms with Crippen LogP contribution in [0.1, 0.15) is 0 Å². The maximum Gasteiger partial charge on any atom is 0.345 e. The van der Waals surface area contributed by atoms with Crippen LogP contribution in [0.2, 0.25) is 0 Å². The molecule has 0 aromatic carbocycles. The Kier molecular flexibility index (Phi) is 9.47. The number of ether oxygens (including phenoxy) is 1. The number of aldehydes is 2. The molecule has 0 fully saturated rings. The molecule has 144 valence electrons. The fourth-order valence-corrected chi connectivity index (χ4v) is 1.44. The lowest BCUT2D eigenvalue weighted by molar-refractivity contribution is -0.186. The van der Waals surface area contributed by atoms with E-state index in [1.54, 1.807) is 0 Å². The van der Waals surface area contributed by atoms with Gasteiger partial charge in [0.15, 0.2) is 24.8 Å². The van der Waals surface area contributed by atoms with Gasteiger partial charge in [-0.25, -0.2) is 9.59 Å². The Balaban J connectivity index is 4.85. The Morgan fingerprint density at radius 2 is 0.880 bits per heavy atom. The number of hydrogen-bond acceptors (Lipinski definition) is 13. The molecule has 0 rings (SSSR count). The molecule has 0 bridgehead atoms. The molecule has 0 heterocycles. The first-order valence-electron chi connectivity index (χ1n) is 6.60. The molecule has 0 aromatic rings. The standard InChI is InChI=1S/C12H18O13/c13-1-3(15)5(17)7(19)9(21)11(23)25-12(24)10(22)8(20)6(18)4(16)2-14/h1-10,15-22H/t3-,4-,5+,6+,7-,8-,9-,10-/m0/s1. The van der Waals surface area contributed by atoms with Crippen LogP contribution in [0.5, 0.6) is 0 Å². The molecule has 0 aliphatic rings. The van der Waals surface area contributed by atoms with Gasteiger partial charge < -0.3 is 55.2 Å². The molecular formula is C12H18O13. The van der Waals surface area contributed by atoms with E-state index in [0.29, 0.717) is 0 Å². The molecule has 8 N–H and O–H groups in total. The van der Waals surface area contributed by atoms with Crippen LogP contribution in [-0.4, -0.2) is 114 Å². The smallest absolute Gasteiger partial charge is 0.345 e. The minimum absolute atomic E-state index is 0.211. The molecule has 13 nitrogen and oxygen atoms in total. The van der Waals surface area contributed by atoms with E-state index in [2.05, 4.69) is 4.74 Å². The molecule has 0 saturated heterocycles. The van der Waals surface area contributed by atoms with Crippen molar-refractivity contribution in [2.45, 2.75) is 48.8 Å². The van der Waals surface area contributed by atoms with Crippen molar-refractivity contribution in [3.63, 3.8) is 0 Å². The Morgan fingerprint density at radius 1 is 0.600 bits per heavy atom. The second kappa shape index (κ2) is 10.2. The fraction of sp³-hybridized carbons (Fsp3) is 0.667. The van der Waals surface area contributed by atoms with E-state index in [1.807, 2.05) is 0 Å². The summed E-state index contributed by atoms with van der Waals surface area (Å²) in [6.07, 6.45) is -19.6. The molecule has 0 radical (unpaired) electrons. The number of aliphatic hydroxyl groups is 8. The first-order chi connectivity index (χ1) is 11.5. The van der Waals surface area contributed by atoms with E-state index in [-0.39, 0.29) is 12.6 Å². The molecule has 0 unspecified atom stereocenters. The first-order valence-corrected chi connectivity index (χ1v) is 6.60. The van der Waals surface area contributed by atoms with Crippen LogP contribution in [0.4, 0.5) is 0 Å². The Morgan fingerprint density at radius 3 is 1.12 bits per heavy atom. The summed E-state index contributed by atoms with van der Waals surface area (Å²) in [5, 5.41) is 73.8. The average molecular weight is 370 g/mol. The first kappa shape index (κ1) is 23.2. The van der Waals surface area contributed by atoms with Gasteiger partial charge in [0.05, 0.1) is 0 Å². The van der Waals surface area contributed by atoms with Gasteiger partial charge in [-0.3, -0.25) is 0 Å². The summed E-state index contributed by atoms with van der Waals surface area (Å²) in [4.78, 5) is 43.3. The highest BCUT2D eigenvalue weighted by Gasteiger charge is 2.40. The van der Waals surface area contributed by atoms with Crippen LogP contribution in [0.25, 0.3) is 0 Å². The van der Waals surface area contributed by atoms with Crippen molar-refractivity contribution >= 4 is 24.5 Å². The number of carbonyl (C=O) groups is 4. The Bertz CT molecular complexity index is 438. The summed E-state index contributed by atoms with van der Waals surface area (Å²) in [7, 11) is 0. The summed E-state index contributed by atoms with van der Waals surface area (Å²) in [5.74, 6) is -3.88. The third-order valence-corrected chi connectivity index (χ3v) is 3.01. The number of rotatable bonds is 10. The van der Waals surface area contributed by atoms with Crippen molar-refractivity contribution in [3.8, 4) is 0 Å². The second-order valence-electron chi connectivity index (χ2n) is 4.85. The van der Waals surface area contributed by atoms with E-state index >= 15 is 0 Å². The second-order valence-corrected chi connectivity index (χ2v) is 4.85. The summed E-state index contributed by atoms with van der Waals surface area (Å²) in [6.45, 7) is 0. The van der Waals surface area contributed by atoms with E-state index in [9.17, 15) is 49.8 Å². The van der Waals surface area contributed by atoms with Crippen molar-refractivity contribution < 1.29 is 64.8 Å². The van der Waals surface area contributed by atoms with Crippen molar-refractivity contribution in [2.75, 3.05) is 0 Å². The molecule has 0 spiro atoms. The normalized spacial score (nSPS) is 21.0. The van der Waals surface area contributed by atoms with Crippen LogP contribution in [-0.2, 0) is 23.9 Å². The Hall–Kier alpha value is -1.84. The van der Waals surface area contributed by atoms with Gasteiger partial charge in [-0.2, -0.15) is 0 Å². The molecule has 8 atom stereocenters. The van der Waals surface area contributed by atoms with Gasteiger partial charge >= 0.3 is 11.9 Å². The number of esters is 2. The molecule has 0 aliphatic heterocycles. The third-order valence-electron chi connectivity index (χ3n) is 3.01. The van der Waals surface area contributed by atoms with Crippen LogP contribution >= 0.6 is 0 Å². The molecule has 25 heavy (non-hydrogen) atoms. The third kappa shape index (κ3) is 6.18. The molecule has 0 amide bonds. The lowest BCUT2D eigenvalue weighted by Crippen LogP contribution is -2.51. The largest absolute Gasteiger partial charge is 0.389 e. The highest BCUT2D eigenvalue weighted by molar-refractivity contribution is 5.90. The zero-order valence-corrected chi connectivity index (χ0v) is 12.4. The van der Waals surface area contributed by atoms with Gasteiger partial charge in [0.2, 0.25) is 0 Å². The van der Waals surface area contributed by atoms with E-state index in [1.165, 1.54) is 0 Å². The molecule has 0 aromatic heterocycles. The molecule has 0 saturated carbocycles. The quantitative estimate of drug-likeness (QED) is 0.101. The predicted molar refractivity (Wildman–Crippen MR) is 71.3 cm³/mol. The van der Waals surface area contributed by atoms with Gasteiger partial charge in [-0.1, -0.05) is 0 Å². The predicted octanol–water partition coefficient (Wildman–Crippen LogP) is -6.66. The van der Waals surface area contributed by atoms with E-state index in [0.717, 1.165) is 0 Å². The van der Waals surface area contributed by atoms with Gasteiger partial charge in [-0.15, -0.1) is 0 Å². The van der Waals surface area contributed by atoms with Crippen molar-refractivity contribution in [3.05, 3.63) is 0 Å². The summed E-state index contributed by atoms with van der Waals surface area (Å²) >= 11 is 0. The summed E-state index contributed by atoms with van der Waals surface area (Å²) < 4.78 is 3.88. The van der Waals surface area contributed by atoms with Crippen molar-refractivity contribution in [1.29, 1.82) is 0 Å². The van der Waals surface area contributed by atoms with E-state index in [4.69, 9.17) is 10.2 Å². The van der Waals surface area contributed by atoms with Gasteiger partial charge in [0, 0.05) is 0 Å². The topological polar surface area (TPSA) is 239 Å². The maximum atomic E-state index is 11.4. The minimum atomic E-state index is -2.64. The highest BCUT2D eigenvalue weighted by Crippen LogP contribution is 2.09. The number of aliphatic hydroxyl groups excluding tert-OH is 8. The molecule has 13 heteroatoms. The summed E-state index contributed by atoms with van der Waals surface area (Å²) in [5.41, 5.74) is 0. The van der Waals surface area contributed by atoms with Gasteiger partial charge in [0.1, 0.15) is 36.6 Å². The van der Waals surface area contributed by atoms with Crippen LogP contribution < -0.4 is 0 Å². The SMILES string of the molecule is O=C[C@H](O)[C@@H](O)[C@H](O)[C@H](O)C(=O)OC(=O)[C@@H](O)[C@@H](O)[C@H](O)[C@@H](O)C=O. The lowest BCUT2D eigenvalue weighted by atomic mass is 10.0. The Labute approximate surface area is 139 Å². The van der Waals surface area contributed by atoms with Crippen LogP contribution in [0.15, 0.2) is 0 Å². The minimum Gasteiger partial charge on any atom is -0.389 e. The van der Waals surface area contributed by atoms with Gasteiger partial charge in [-0.05, 0) is 0 Å². The monoisotopic (exact) mass is 370 g/mol.